The van der Waals surface area contributed by atoms with Gasteiger partial charge in [-0.25, -0.2) is 0 Å². The molecule has 0 aromatic heterocycles. The van der Waals surface area contributed by atoms with E-state index in [1.165, 1.54) is 0 Å². The molecule has 5 N–H and O–H groups in total. The van der Waals surface area contributed by atoms with E-state index >= 15 is 0 Å². The lowest BCUT2D eigenvalue weighted by molar-refractivity contribution is -0.145. The number of carboxylic acids is 4. The van der Waals surface area contributed by atoms with Crippen molar-refractivity contribution in [2.75, 3.05) is 0 Å². The van der Waals surface area contributed by atoms with Crippen LogP contribution in [0.25, 0.3) is 0 Å². The lowest BCUT2D eigenvalue weighted by Crippen LogP contribution is -2.44. The summed E-state index contributed by atoms with van der Waals surface area (Å²) in [5.41, 5.74) is 0. The second-order valence-corrected chi connectivity index (χ2v) is 6.67. The average Bonchev–Trinajstić information content (AvgIpc) is 2.61. The molecule has 29 heavy (non-hydrogen) atoms. The second-order valence-electron chi connectivity index (χ2n) is 6.67. The van der Waals surface area contributed by atoms with Crippen LogP contribution in [0.1, 0.15) is 58.3 Å². The van der Waals surface area contributed by atoms with Crippen LogP contribution in [0.15, 0.2) is 0 Å². The third-order valence-electron chi connectivity index (χ3n) is 4.43. The fourth-order valence-electron chi connectivity index (χ4n) is 2.69. The number of carbonyl (C=O) groups is 6. The topological polar surface area (TPSA) is 195 Å². The van der Waals surface area contributed by atoms with E-state index in [1.807, 2.05) is 0 Å². The number of carboxylic acid groups (broad SMARTS) is 4. The summed E-state index contributed by atoms with van der Waals surface area (Å²) in [5.74, 6) is -8.20. The van der Waals surface area contributed by atoms with E-state index in [-0.39, 0.29) is 25.7 Å². The maximum atomic E-state index is 12.5. The molecular weight excluding hydrogens is 390 g/mol. The van der Waals surface area contributed by atoms with Crippen molar-refractivity contribution in [3.63, 3.8) is 0 Å². The first kappa shape index (κ1) is 26.0. The van der Waals surface area contributed by atoms with Gasteiger partial charge in [0, 0.05) is 31.6 Å². The molecule has 0 aliphatic carbocycles. The molecule has 0 radical (unpaired) electrons. The highest BCUT2D eigenvalue weighted by atomic mass is 16.4. The van der Waals surface area contributed by atoms with Crippen LogP contribution in [0.4, 0.5) is 0 Å². The van der Waals surface area contributed by atoms with Gasteiger partial charge >= 0.3 is 23.9 Å². The number of aliphatic carboxylic acids is 4. The van der Waals surface area contributed by atoms with E-state index in [1.54, 1.807) is 6.92 Å². The molecule has 11 heteroatoms. The molecule has 3 atom stereocenters. The molecule has 11 nitrogen and oxygen atoms in total. The minimum Gasteiger partial charge on any atom is -0.481 e. The van der Waals surface area contributed by atoms with Crippen molar-refractivity contribution in [3.05, 3.63) is 0 Å². The molecule has 0 aliphatic heterocycles. The van der Waals surface area contributed by atoms with Crippen LogP contribution in [-0.2, 0) is 28.8 Å². The normalized spacial score (nSPS) is 13.7. The van der Waals surface area contributed by atoms with Crippen LogP contribution in [0.2, 0.25) is 0 Å². The summed E-state index contributed by atoms with van der Waals surface area (Å²) in [5, 5.41) is 37.9. The van der Waals surface area contributed by atoms with Gasteiger partial charge in [-0.05, 0) is 25.7 Å². The Labute approximate surface area is 167 Å². The Morgan fingerprint density at radius 2 is 1.17 bits per heavy atom. The summed E-state index contributed by atoms with van der Waals surface area (Å²) in [7, 11) is 0. The maximum Gasteiger partial charge on any atom is 0.306 e. The van der Waals surface area contributed by atoms with Gasteiger partial charge in [0.1, 0.15) is 0 Å². The molecular formula is C18H27NO10. The van der Waals surface area contributed by atoms with Gasteiger partial charge in [-0.2, -0.15) is 0 Å². The number of nitrogens with one attached hydrogen (secondary N) is 1. The van der Waals surface area contributed by atoms with Crippen LogP contribution in [0.5, 0.6) is 0 Å². The van der Waals surface area contributed by atoms with Crippen molar-refractivity contribution >= 4 is 35.6 Å². The molecule has 0 rings (SSSR count). The van der Waals surface area contributed by atoms with Gasteiger partial charge in [0.2, 0.25) is 5.91 Å². The lowest BCUT2D eigenvalue weighted by Gasteiger charge is -2.22. The number of amides is 1. The van der Waals surface area contributed by atoms with Crippen LogP contribution in [-0.4, -0.2) is 62.0 Å². The Bertz CT molecular complexity index is 630. The molecule has 0 heterocycles. The summed E-state index contributed by atoms with van der Waals surface area (Å²) in [4.78, 5) is 68.4. The molecule has 1 amide bonds. The predicted molar refractivity (Wildman–Crippen MR) is 97.1 cm³/mol. The Hall–Kier alpha value is -2.98. The van der Waals surface area contributed by atoms with Crippen LogP contribution < -0.4 is 5.32 Å². The van der Waals surface area contributed by atoms with Crippen molar-refractivity contribution < 1.29 is 49.2 Å². The quantitative estimate of drug-likeness (QED) is 0.239. The number of rotatable bonds is 16. The molecule has 0 bridgehead atoms. The summed E-state index contributed by atoms with van der Waals surface area (Å²) >= 11 is 0. The first-order valence-electron chi connectivity index (χ1n) is 9.19. The van der Waals surface area contributed by atoms with E-state index in [9.17, 15) is 33.9 Å². The van der Waals surface area contributed by atoms with Crippen LogP contribution >= 0.6 is 0 Å². The molecule has 0 saturated heterocycles. The molecule has 0 fully saturated rings. The zero-order valence-corrected chi connectivity index (χ0v) is 16.1. The Morgan fingerprint density at radius 1 is 0.724 bits per heavy atom. The van der Waals surface area contributed by atoms with Gasteiger partial charge in [-0.3, -0.25) is 28.8 Å². The molecule has 0 saturated carbocycles. The largest absolute Gasteiger partial charge is 0.481 e. The lowest BCUT2D eigenvalue weighted by atomic mass is 9.92. The van der Waals surface area contributed by atoms with E-state index in [2.05, 4.69) is 5.32 Å². The smallest absolute Gasteiger partial charge is 0.306 e. The minimum atomic E-state index is -1.36. The molecule has 0 spiro atoms. The highest BCUT2D eigenvalue weighted by Gasteiger charge is 2.29. The Kier molecular flexibility index (Phi) is 11.9. The fraction of sp³-hybridized carbons (Fsp3) is 0.667. The standard InChI is InChI=1S/C18H27NO10/c1-2-10(3-6-14(21)22)17(27)19-12(5-8-16(25)26)13(20)9-11(18(28)29)4-7-15(23)24/h10-12H,2-9H2,1H3,(H,19,27)(H,21,22)(H,23,24)(H,25,26)(H,28,29)/t10-,11+,12-/m0/s1. The van der Waals surface area contributed by atoms with Crippen LogP contribution in [0.3, 0.4) is 0 Å². The molecule has 0 aromatic rings. The summed E-state index contributed by atoms with van der Waals surface area (Å²) in [6, 6.07) is -1.26. The van der Waals surface area contributed by atoms with Crippen molar-refractivity contribution in [2.24, 2.45) is 11.8 Å². The molecule has 0 unspecified atom stereocenters. The number of hydrogen-bond donors (Lipinski definition) is 5. The molecule has 164 valence electrons. The predicted octanol–water partition coefficient (Wildman–Crippen LogP) is 0.752. The van der Waals surface area contributed by atoms with Gasteiger partial charge in [0.25, 0.3) is 0 Å². The van der Waals surface area contributed by atoms with Crippen molar-refractivity contribution in [3.8, 4) is 0 Å². The highest BCUT2D eigenvalue weighted by Crippen LogP contribution is 2.17. The van der Waals surface area contributed by atoms with E-state index in [0.717, 1.165) is 0 Å². The van der Waals surface area contributed by atoms with Crippen molar-refractivity contribution in [1.82, 2.24) is 5.32 Å². The third-order valence-corrected chi connectivity index (χ3v) is 4.43. The van der Waals surface area contributed by atoms with Crippen LogP contribution in [0, 0.1) is 11.8 Å². The highest BCUT2D eigenvalue weighted by molar-refractivity contribution is 5.92. The third kappa shape index (κ3) is 11.5. The van der Waals surface area contributed by atoms with E-state index in [0.29, 0.717) is 6.42 Å². The zero-order valence-electron chi connectivity index (χ0n) is 16.1. The van der Waals surface area contributed by atoms with Gasteiger partial charge < -0.3 is 25.7 Å². The van der Waals surface area contributed by atoms with Gasteiger partial charge in [-0.15, -0.1) is 0 Å². The average molecular weight is 417 g/mol. The first-order chi connectivity index (χ1) is 13.5. The molecule has 0 aliphatic rings. The Balaban J connectivity index is 5.20. The summed E-state index contributed by atoms with van der Waals surface area (Å²) in [6.07, 6.45) is -1.93. The van der Waals surface area contributed by atoms with Crippen molar-refractivity contribution in [2.45, 2.75) is 64.3 Å². The molecule has 0 aromatic carbocycles. The number of hydrogen-bond acceptors (Lipinski definition) is 6. The number of Topliss-reactive ketones (excluding diaryl/α,β-unsaturated/α-hetero) is 1. The SMILES string of the molecule is CC[C@@H](CCC(=O)O)C(=O)N[C@@H](CCC(=O)O)C(=O)C[C@@H](CCC(=O)O)C(=O)O. The first-order valence-corrected chi connectivity index (χ1v) is 9.19. The maximum absolute atomic E-state index is 12.5. The second kappa shape index (κ2) is 13.2. The van der Waals surface area contributed by atoms with Gasteiger partial charge in [0.15, 0.2) is 5.78 Å². The fourth-order valence-corrected chi connectivity index (χ4v) is 2.69. The van der Waals surface area contributed by atoms with Gasteiger partial charge in [0.05, 0.1) is 12.0 Å². The Morgan fingerprint density at radius 3 is 1.59 bits per heavy atom. The summed E-state index contributed by atoms with van der Waals surface area (Å²) < 4.78 is 0. The summed E-state index contributed by atoms with van der Waals surface area (Å²) in [6.45, 7) is 1.66. The van der Waals surface area contributed by atoms with Gasteiger partial charge in [-0.1, -0.05) is 6.92 Å². The minimum absolute atomic E-state index is 0.0356. The zero-order chi connectivity index (χ0) is 22.6. The number of carbonyl (C=O) groups excluding carboxylic acids is 2. The van der Waals surface area contributed by atoms with Crippen molar-refractivity contribution in [1.29, 1.82) is 0 Å². The monoisotopic (exact) mass is 417 g/mol. The van der Waals surface area contributed by atoms with E-state index in [4.69, 9.17) is 15.3 Å². The van der Waals surface area contributed by atoms with E-state index < -0.39 is 72.7 Å². The number of ketones is 1.